The Morgan fingerprint density at radius 3 is 3.12 bits per heavy atom. The molecule has 7 heteroatoms. The van der Waals surface area contributed by atoms with Crippen LogP contribution in [-0.4, -0.2) is 29.9 Å². The maximum absolute atomic E-state index is 5.86. The number of nitrogens with zero attached hydrogens (tertiary/aromatic N) is 2. The summed E-state index contributed by atoms with van der Waals surface area (Å²) in [6.45, 7) is 2.10. The van der Waals surface area contributed by atoms with Crippen molar-refractivity contribution < 1.29 is 9.26 Å². The predicted molar refractivity (Wildman–Crippen MR) is 64.2 cm³/mol. The molecule has 1 fully saturated rings. The number of morpholine rings is 1. The lowest BCUT2D eigenvalue weighted by Gasteiger charge is -2.20. The average molecular weight is 272 g/mol. The van der Waals surface area contributed by atoms with E-state index in [9.17, 15) is 0 Å². The highest BCUT2D eigenvalue weighted by atomic mass is 35.5. The molecule has 1 aliphatic rings. The molecule has 1 atom stereocenters. The molecule has 1 saturated heterocycles. The van der Waals surface area contributed by atoms with Gasteiger partial charge in [-0.3, -0.25) is 0 Å². The van der Waals surface area contributed by atoms with Crippen molar-refractivity contribution in [1.29, 1.82) is 0 Å². The van der Waals surface area contributed by atoms with E-state index >= 15 is 0 Å². The molecule has 3 heterocycles. The molecule has 2 aromatic rings. The van der Waals surface area contributed by atoms with Crippen molar-refractivity contribution in [1.82, 2.24) is 15.5 Å². The van der Waals surface area contributed by atoms with Crippen LogP contribution in [0, 0.1) is 0 Å². The third kappa shape index (κ3) is 2.35. The van der Waals surface area contributed by atoms with Crippen LogP contribution in [0.25, 0.3) is 10.8 Å². The number of rotatable bonds is 2. The van der Waals surface area contributed by atoms with Gasteiger partial charge in [0.05, 0.1) is 28.5 Å². The Kier molecular flexibility index (Phi) is 3.11. The summed E-state index contributed by atoms with van der Waals surface area (Å²) in [5, 5.41) is 7.23. The molecule has 5 nitrogen and oxygen atoms in total. The second-order valence-corrected chi connectivity index (χ2v) is 5.36. The lowest BCUT2D eigenvalue weighted by atomic mass is 10.2. The number of ether oxygens (including phenoxy) is 1. The first-order chi connectivity index (χ1) is 8.33. The van der Waals surface area contributed by atoms with E-state index in [2.05, 4.69) is 15.5 Å². The molecule has 0 amide bonds. The zero-order chi connectivity index (χ0) is 11.7. The van der Waals surface area contributed by atoms with E-state index < -0.39 is 0 Å². The second-order valence-electron chi connectivity index (χ2n) is 3.64. The summed E-state index contributed by atoms with van der Waals surface area (Å²) in [5.74, 6) is 1.13. The number of halogens is 1. The van der Waals surface area contributed by atoms with Crippen LogP contribution in [-0.2, 0) is 4.74 Å². The quantitative estimate of drug-likeness (QED) is 0.907. The summed E-state index contributed by atoms with van der Waals surface area (Å²) in [6.07, 6.45) is 0. The first-order valence-electron chi connectivity index (χ1n) is 5.23. The summed E-state index contributed by atoms with van der Waals surface area (Å²) in [6, 6.07) is 3.69. The summed E-state index contributed by atoms with van der Waals surface area (Å²) < 4.78 is 11.3. The monoisotopic (exact) mass is 271 g/mol. The van der Waals surface area contributed by atoms with E-state index in [4.69, 9.17) is 20.9 Å². The predicted octanol–water partition coefficient (Wildman–Crippen LogP) is 2.11. The lowest BCUT2D eigenvalue weighted by molar-refractivity contribution is 0.0734. The van der Waals surface area contributed by atoms with Gasteiger partial charge < -0.3 is 14.6 Å². The van der Waals surface area contributed by atoms with Crippen molar-refractivity contribution in [3.8, 4) is 10.8 Å². The van der Waals surface area contributed by atoms with Crippen molar-refractivity contribution in [3.63, 3.8) is 0 Å². The third-order valence-corrected chi connectivity index (χ3v) is 3.68. The van der Waals surface area contributed by atoms with Crippen LogP contribution in [0.2, 0.25) is 4.34 Å². The number of hydrogen-bond acceptors (Lipinski definition) is 6. The molecule has 90 valence electrons. The molecular formula is C10H10ClN3O2S. The molecule has 0 aromatic carbocycles. The second kappa shape index (κ2) is 4.73. The Hall–Kier alpha value is -0.950. The molecule has 17 heavy (non-hydrogen) atoms. The lowest BCUT2D eigenvalue weighted by Crippen LogP contribution is -2.35. The Morgan fingerprint density at radius 1 is 1.47 bits per heavy atom. The van der Waals surface area contributed by atoms with E-state index in [-0.39, 0.29) is 6.04 Å². The topological polar surface area (TPSA) is 60.2 Å². The maximum Gasteiger partial charge on any atom is 0.268 e. The number of nitrogens with one attached hydrogen (secondary N) is 1. The van der Waals surface area contributed by atoms with E-state index in [0.29, 0.717) is 22.7 Å². The van der Waals surface area contributed by atoms with Gasteiger partial charge in [-0.25, -0.2) is 0 Å². The minimum absolute atomic E-state index is 0.0108. The Bertz CT molecular complexity index is 507. The van der Waals surface area contributed by atoms with Gasteiger partial charge in [-0.15, -0.1) is 11.3 Å². The van der Waals surface area contributed by atoms with Crippen LogP contribution in [0.4, 0.5) is 0 Å². The minimum Gasteiger partial charge on any atom is -0.378 e. The molecule has 0 saturated carbocycles. The Balaban J connectivity index is 1.82. The van der Waals surface area contributed by atoms with Crippen LogP contribution in [0.5, 0.6) is 0 Å². The number of aromatic nitrogens is 2. The molecular weight excluding hydrogens is 262 g/mol. The van der Waals surface area contributed by atoms with E-state index in [1.807, 2.05) is 12.1 Å². The normalized spacial score (nSPS) is 20.6. The van der Waals surface area contributed by atoms with Crippen LogP contribution < -0.4 is 5.32 Å². The molecule has 0 spiro atoms. The van der Waals surface area contributed by atoms with Crippen molar-refractivity contribution in [2.75, 3.05) is 19.8 Å². The fraction of sp³-hybridized carbons (Fsp3) is 0.400. The SMILES string of the molecule is Clc1ccc(-c2nc(C3COCCN3)no2)s1. The fourth-order valence-electron chi connectivity index (χ4n) is 1.64. The summed E-state index contributed by atoms with van der Waals surface area (Å²) in [7, 11) is 0. The molecule has 2 aromatic heterocycles. The maximum atomic E-state index is 5.86. The largest absolute Gasteiger partial charge is 0.378 e. The molecule has 0 bridgehead atoms. The van der Waals surface area contributed by atoms with Gasteiger partial charge in [0.1, 0.15) is 0 Å². The third-order valence-electron chi connectivity index (χ3n) is 2.46. The highest BCUT2D eigenvalue weighted by Gasteiger charge is 2.21. The Labute approximate surface area is 107 Å². The van der Waals surface area contributed by atoms with Crippen LogP contribution >= 0.6 is 22.9 Å². The molecule has 1 aliphatic heterocycles. The Morgan fingerprint density at radius 2 is 2.41 bits per heavy atom. The summed E-state index contributed by atoms with van der Waals surface area (Å²) in [4.78, 5) is 5.23. The number of thiophene rings is 1. The van der Waals surface area contributed by atoms with E-state index in [1.165, 1.54) is 11.3 Å². The van der Waals surface area contributed by atoms with Crippen molar-refractivity contribution in [2.24, 2.45) is 0 Å². The highest BCUT2D eigenvalue weighted by Crippen LogP contribution is 2.30. The van der Waals surface area contributed by atoms with Gasteiger partial charge in [0.15, 0.2) is 5.82 Å². The zero-order valence-electron chi connectivity index (χ0n) is 8.85. The fourth-order valence-corrected chi connectivity index (χ4v) is 2.60. The van der Waals surface area contributed by atoms with Gasteiger partial charge in [0, 0.05) is 6.54 Å². The molecule has 1 N–H and O–H groups in total. The van der Waals surface area contributed by atoms with Crippen molar-refractivity contribution in [2.45, 2.75) is 6.04 Å². The zero-order valence-corrected chi connectivity index (χ0v) is 10.4. The van der Waals surface area contributed by atoms with Gasteiger partial charge in [0.25, 0.3) is 5.89 Å². The molecule has 3 rings (SSSR count). The van der Waals surface area contributed by atoms with Gasteiger partial charge in [-0.2, -0.15) is 4.98 Å². The van der Waals surface area contributed by atoms with E-state index in [1.54, 1.807) is 0 Å². The number of hydrogen-bond donors (Lipinski definition) is 1. The van der Waals surface area contributed by atoms with Gasteiger partial charge in [-0.1, -0.05) is 16.8 Å². The first kappa shape index (κ1) is 11.2. The summed E-state index contributed by atoms with van der Waals surface area (Å²) in [5.41, 5.74) is 0. The standard InChI is InChI=1S/C10H10ClN3O2S/c11-8-2-1-7(17-8)10-13-9(14-16-10)6-5-15-4-3-12-6/h1-2,6,12H,3-5H2. The van der Waals surface area contributed by atoms with Crippen molar-refractivity contribution >= 4 is 22.9 Å². The minimum atomic E-state index is 0.0108. The van der Waals surface area contributed by atoms with Gasteiger partial charge in [-0.05, 0) is 12.1 Å². The molecule has 1 unspecified atom stereocenters. The highest BCUT2D eigenvalue weighted by molar-refractivity contribution is 7.19. The van der Waals surface area contributed by atoms with E-state index in [0.717, 1.165) is 18.0 Å². The molecule has 0 aliphatic carbocycles. The van der Waals surface area contributed by atoms with Crippen LogP contribution in [0.1, 0.15) is 11.9 Å². The van der Waals surface area contributed by atoms with Gasteiger partial charge in [0.2, 0.25) is 0 Å². The van der Waals surface area contributed by atoms with Crippen LogP contribution in [0.15, 0.2) is 16.7 Å². The average Bonchev–Trinajstić information content (AvgIpc) is 2.98. The molecule has 0 radical (unpaired) electrons. The van der Waals surface area contributed by atoms with Gasteiger partial charge >= 0.3 is 0 Å². The first-order valence-corrected chi connectivity index (χ1v) is 6.43. The van der Waals surface area contributed by atoms with Crippen LogP contribution in [0.3, 0.4) is 0 Å². The summed E-state index contributed by atoms with van der Waals surface area (Å²) >= 11 is 7.28. The van der Waals surface area contributed by atoms with Crippen molar-refractivity contribution in [3.05, 3.63) is 22.3 Å². The smallest absolute Gasteiger partial charge is 0.268 e.